The summed E-state index contributed by atoms with van der Waals surface area (Å²) >= 11 is 0. The largest absolute Gasteiger partial charge is 0.426 e. The Bertz CT molecular complexity index is 3670. The lowest BCUT2D eigenvalue weighted by atomic mass is 9.90. The summed E-state index contributed by atoms with van der Waals surface area (Å²) in [6, 6.07) is 37.5. The highest BCUT2D eigenvalue weighted by molar-refractivity contribution is 5.92. The highest BCUT2D eigenvalue weighted by Gasteiger charge is 2.28. The van der Waals surface area contributed by atoms with Crippen molar-refractivity contribution >= 4 is 69.4 Å². The summed E-state index contributed by atoms with van der Waals surface area (Å²) in [7, 11) is 0. The number of non-ortho nitro benzene ring substituents is 2. The van der Waals surface area contributed by atoms with Crippen LogP contribution in [0.3, 0.4) is 0 Å². The summed E-state index contributed by atoms with van der Waals surface area (Å²) in [6.07, 6.45) is -0.825. The number of carbonyl (C=O) groups excluding carboxylic acids is 4. The number of hydrogen-bond donors (Lipinski definition) is 0. The van der Waals surface area contributed by atoms with Gasteiger partial charge in [-0.25, -0.2) is 9.59 Å². The molecule has 24 heteroatoms. The number of rotatable bonds is 14. The zero-order valence-corrected chi connectivity index (χ0v) is 42.9. The maximum absolute atomic E-state index is 14.2. The van der Waals surface area contributed by atoms with Crippen LogP contribution in [0.2, 0.25) is 0 Å². The van der Waals surface area contributed by atoms with E-state index in [-0.39, 0.29) is 105 Å². The third-order valence-corrected chi connectivity index (χ3v) is 12.5. The fourth-order valence-corrected chi connectivity index (χ4v) is 8.97. The summed E-state index contributed by atoms with van der Waals surface area (Å²) in [6.45, 7) is 2.36. The number of hydrogen-bond acceptors (Lipinski definition) is 20. The van der Waals surface area contributed by atoms with Crippen LogP contribution in [0.4, 0.5) is 45.5 Å². The Kier molecular flexibility index (Phi) is 16.2. The van der Waals surface area contributed by atoms with Crippen molar-refractivity contribution < 1.29 is 57.8 Å². The molecule has 8 aromatic carbocycles. The number of nitrogens with zero attached hydrogens (tertiary/aromatic N) is 8. The van der Waals surface area contributed by atoms with Crippen LogP contribution < -0.4 is 18.9 Å². The van der Waals surface area contributed by atoms with E-state index in [0.29, 0.717) is 22.3 Å². The van der Waals surface area contributed by atoms with Gasteiger partial charge >= 0.3 is 35.3 Å². The van der Waals surface area contributed by atoms with Crippen LogP contribution in [0, 0.1) is 40.5 Å². The average Bonchev–Trinajstić information content (AvgIpc) is 3.51. The van der Waals surface area contributed by atoms with Gasteiger partial charge in [0.2, 0.25) is 0 Å². The molecule has 1 aliphatic rings. The van der Waals surface area contributed by atoms with Crippen molar-refractivity contribution in [3.05, 3.63) is 254 Å². The maximum atomic E-state index is 14.2. The molecule has 0 spiro atoms. The van der Waals surface area contributed by atoms with Crippen LogP contribution >= 0.6 is 0 Å². The summed E-state index contributed by atoms with van der Waals surface area (Å²) < 4.78 is 24.7. The van der Waals surface area contributed by atoms with E-state index in [1.807, 2.05) is 0 Å². The molecule has 1 aliphatic carbocycles. The summed E-state index contributed by atoms with van der Waals surface area (Å²) in [5.74, 6) is -3.09. The van der Waals surface area contributed by atoms with Gasteiger partial charge in [0.05, 0.1) is 54.3 Å². The second-order valence-corrected chi connectivity index (χ2v) is 18.2. The van der Waals surface area contributed by atoms with Gasteiger partial charge in [0.15, 0.2) is 11.4 Å². The molecule has 82 heavy (non-hydrogen) atoms. The van der Waals surface area contributed by atoms with Crippen LogP contribution in [0.15, 0.2) is 178 Å². The van der Waals surface area contributed by atoms with E-state index in [4.69, 9.17) is 18.9 Å². The Morgan fingerprint density at radius 1 is 0.366 bits per heavy atom. The molecular weight excluding hydrogens is 1060 g/mol. The molecule has 0 saturated carbocycles. The van der Waals surface area contributed by atoms with Gasteiger partial charge < -0.3 is 18.9 Å². The van der Waals surface area contributed by atoms with Crippen molar-refractivity contribution in [1.82, 2.24) is 0 Å². The molecule has 0 saturated heterocycles. The van der Waals surface area contributed by atoms with Crippen molar-refractivity contribution in [3.63, 3.8) is 0 Å². The number of benzene rings is 8. The van der Waals surface area contributed by atoms with E-state index in [9.17, 15) is 59.6 Å². The van der Waals surface area contributed by atoms with Crippen LogP contribution in [-0.4, -0.2) is 43.6 Å². The summed E-state index contributed by atoms with van der Waals surface area (Å²) in [5.41, 5.74) is -0.700. The van der Waals surface area contributed by atoms with Gasteiger partial charge in [-0.1, -0.05) is 72.8 Å². The Morgan fingerprint density at radius 3 is 0.976 bits per heavy atom. The first-order chi connectivity index (χ1) is 39.4. The smallest absolute Gasteiger partial charge is 0.343 e. The third kappa shape index (κ3) is 12.7. The molecule has 408 valence electrons. The summed E-state index contributed by atoms with van der Waals surface area (Å²) in [5, 5.41) is 64.5. The topological polar surface area (TPSA) is 327 Å². The zero-order valence-electron chi connectivity index (χ0n) is 42.9. The van der Waals surface area contributed by atoms with E-state index < -0.39 is 66.3 Å². The van der Waals surface area contributed by atoms with Crippen molar-refractivity contribution in [3.8, 4) is 23.0 Å². The highest BCUT2D eigenvalue weighted by Crippen LogP contribution is 2.43. The van der Waals surface area contributed by atoms with Crippen molar-refractivity contribution in [1.29, 1.82) is 0 Å². The molecule has 24 nitrogen and oxygen atoms in total. The molecule has 8 bridgehead atoms. The fraction of sp³-hybridized carbons (Fsp3) is 0.103. The van der Waals surface area contributed by atoms with Gasteiger partial charge in [-0.15, -0.1) is 10.2 Å². The molecular formula is C58H40N8O16. The number of nitro benzene ring substituents is 4. The third-order valence-electron chi connectivity index (χ3n) is 12.5. The predicted octanol–water partition coefficient (Wildman–Crippen LogP) is 13.1. The number of fused-ring (bicyclic) bond motifs is 8. The molecule has 0 aromatic heterocycles. The molecule has 0 amide bonds. The molecule has 0 heterocycles. The SMILES string of the molecule is CC(=O)Oc1c2cc(N=Nc3ccc([N+](=O)[O-])cc3[N+](=O)[O-])cc1Cc1cccc(c1OC(=O)c1ccccc1)Cc1cc(N=Nc3ccc([N+](=O)[O-])cc3[N+](=O)[O-])cc(c1OC(C)=O)Cc1cccc(c1OC(=O)c1ccccc1)C2. The van der Waals surface area contributed by atoms with E-state index in [1.54, 1.807) is 72.8 Å². The quantitative estimate of drug-likeness (QED) is 0.0321. The average molecular weight is 1100 g/mol. The minimum atomic E-state index is -0.848. The van der Waals surface area contributed by atoms with Crippen molar-refractivity contribution in [2.24, 2.45) is 20.5 Å². The standard InChI is InChI=1S/C58H40N8O16/c1-33(67)79-55-41-23-37-15-9-17-39(53(37)81-57(69)35-11-5-3-6-12-35)25-43-29-46(60-62-50-22-20-48(64(73)74)32-52(50)66(77)78)30-44(56(43)80-34(2)68)26-40-18-10-16-38(54(40)82-58(70)36-13-7-4-8-14-36)24-42(55)28-45(27-41)59-61-49-21-19-47(63(71)72)31-51(49)65(75)76/h3-22,27-32H,23-26H2,1-2H3. The van der Waals surface area contributed by atoms with Crippen LogP contribution in [-0.2, 0) is 35.3 Å². The first kappa shape index (κ1) is 55.2. The van der Waals surface area contributed by atoms with Gasteiger partial charge in [-0.2, -0.15) is 10.2 Å². The van der Waals surface area contributed by atoms with E-state index in [1.165, 1.54) is 62.4 Å². The number of azo groups is 2. The molecule has 0 radical (unpaired) electrons. The van der Waals surface area contributed by atoms with Crippen molar-refractivity contribution in [2.75, 3.05) is 0 Å². The molecule has 8 aromatic rings. The number of carbonyl (C=O) groups is 4. The maximum Gasteiger partial charge on any atom is 0.343 e. The van der Waals surface area contributed by atoms with Gasteiger partial charge in [0.25, 0.3) is 11.4 Å². The lowest BCUT2D eigenvalue weighted by Crippen LogP contribution is -2.14. The van der Waals surface area contributed by atoms with Gasteiger partial charge in [-0.3, -0.25) is 50.0 Å². The number of para-hydroxylation sites is 2. The zero-order chi connectivity index (χ0) is 58.2. The predicted molar refractivity (Wildman–Crippen MR) is 290 cm³/mol. The van der Waals surface area contributed by atoms with Gasteiger partial charge in [-0.05, 0) is 82.9 Å². The van der Waals surface area contributed by atoms with Crippen LogP contribution in [0.25, 0.3) is 0 Å². The Labute approximate surface area is 462 Å². The lowest BCUT2D eigenvalue weighted by molar-refractivity contribution is -0.394. The van der Waals surface area contributed by atoms with Crippen LogP contribution in [0.5, 0.6) is 23.0 Å². The number of ether oxygens (including phenoxy) is 4. The fourth-order valence-electron chi connectivity index (χ4n) is 8.97. The molecule has 0 aliphatic heterocycles. The van der Waals surface area contributed by atoms with E-state index in [2.05, 4.69) is 20.5 Å². The van der Waals surface area contributed by atoms with E-state index in [0.717, 1.165) is 36.4 Å². The molecule has 0 N–H and O–H groups in total. The Balaban J connectivity index is 1.32. The molecule has 0 atom stereocenters. The Morgan fingerprint density at radius 2 is 0.683 bits per heavy atom. The van der Waals surface area contributed by atoms with Crippen molar-refractivity contribution in [2.45, 2.75) is 39.5 Å². The van der Waals surface area contributed by atoms with Gasteiger partial charge in [0.1, 0.15) is 23.0 Å². The molecule has 0 unspecified atom stereocenters. The minimum Gasteiger partial charge on any atom is -0.426 e. The number of esters is 4. The molecule has 0 fully saturated rings. The first-order valence-electron chi connectivity index (χ1n) is 24.5. The number of nitro groups is 4. The molecule has 9 rings (SSSR count). The normalized spacial score (nSPS) is 11.8. The monoisotopic (exact) mass is 1100 g/mol. The van der Waals surface area contributed by atoms with E-state index >= 15 is 0 Å². The van der Waals surface area contributed by atoms with Gasteiger partial charge in [0, 0.05) is 73.9 Å². The lowest BCUT2D eigenvalue weighted by Gasteiger charge is -2.22. The second kappa shape index (κ2) is 24.0. The highest BCUT2D eigenvalue weighted by atomic mass is 16.6. The summed E-state index contributed by atoms with van der Waals surface area (Å²) in [4.78, 5) is 98.9. The first-order valence-corrected chi connectivity index (χ1v) is 24.5. The van der Waals surface area contributed by atoms with Crippen LogP contribution in [0.1, 0.15) is 79.1 Å². The Hall–Kier alpha value is -11.6. The second-order valence-electron chi connectivity index (χ2n) is 18.2. The minimum absolute atomic E-state index is 0.00182.